The number of piperidine rings is 1. The Balaban J connectivity index is 1.88. The molecule has 7 nitrogen and oxygen atoms in total. The van der Waals surface area contributed by atoms with Gasteiger partial charge >= 0.3 is 0 Å². The number of likely N-dealkylation sites (tertiary alicyclic amines) is 1. The highest BCUT2D eigenvalue weighted by molar-refractivity contribution is 5.91. The molecule has 1 aromatic rings. The smallest absolute Gasteiger partial charge is 0.289 e. The maximum absolute atomic E-state index is 12.8. The molecule has 1 aromatic heterocycles. The van der Waals surface area contributed by atoms with E-state index in [0.29, 0.717) is 44.8 Å². The Bertz CT molecular complexity index is 592. The van der Waals surface area contributed by atoms with Crippen LogP contribution in [-0.4, -0.2) is 60.2 Å². The van der Waals surface area contributed by atoms with Gasteiger partial charge in [-0.3, -0.25) is 14.4 Å². The Kier molecular flexibility index (Phi) is 7.69. The minimum Gasteiger partial charge on any atom is -0.459 e. The molecule has 0 radical (unpaired) electrons. The fourth-order valence-electron chi connectivity index (χ4n) is 3.17. The third-order valence-electron chi connectivity index (χ3n) is 4.58. The van der Waals surface area contributed by atoms with Crippen molar-refractivity contribution in [2.75, 3.05) is 32.7 Å². The molecule has 2 heterocycles. The molecule has 0 aliphatic carbocycles. The lowest BCUT2D eigenvalue weighted by molar-refractivity contribution is -0.140. The van der Waals surface area contributed by atoms with E-state index in [9.17, 15) is 14.4 Å². The number of furan rings is 1. The molecule has 2 rings (SSSR count). The molecule has 0 bridgehead atoms. The van der Waals surface area contributed by atoms with Crippen LogP contribution in [0.4, 0.5) is 0 Å². The second kappa shape index (κ2) is 9.99. The van der Waals surface area contributed by atoms with Crippen LogP contribution in [0.1, 0.15) is 50.1 Å². The first-order valence-electron chi connectivity index (χ1n) is 9.45. The van der Waals surface area contributed by atoms with Crippen LogP contribution < -0.4 is 5.32 Å². The minimum absolute atomic E-state index is 0.0172. The van der Waals surface area contributed by atoms with Gasteiger partial charge in [-0.1, -0.05) is 13.8 Å². The number of hydrogen-bond acceptors (Lipinski definition) is 4. The molecular weight excluding hydrogens is 334 g/mol. The molecule has 0 spiro atoms. The quantitative estimate of drug-likeness (QED) is 0.765. The largest absolute Gasteiger partial charge is 0.459 e. The van der Waals surface area contributed by atoms with Crippen molar-refractivity contribution in [2.45, 2.75) is 39.5 Å². The summed E-state index contributed by atoms with van der Waals surface area (Å²) in [4.78, 5) is 40.5. The van der Waals surface area contributed by atoms with Gasteiger partial charge in [0.15, 0.2) is 5.76 Å². The molecule has 3 amide bonds. The molecule has 0 saturated carbocycles. The van der Waals surface area contributed by atoms with Gasteiger partial charge in [-0.25, -0.2) is 0 Å². The Morgan fingerprint density at radius 1 is 1.23 bits per heavy atom. The molecule has 1 aliphatic heterocycles. The van der Waals surface area contributed by atoms with Gasteiger partial charge in [-0.05, 0) is 37.8 Å². The van der Waals surface area contributed by atoms with E-state index in [1.54, 1.807) is 21.9 Å². The van der Waals surface area contributed by atoms with Crippen LogP contribution in [-0.2, 0) is 9.59 Å². The normalized spacial score (nSPS) is 14.9. The van der Waals surface area contributed by atoms with E-state index in [-0.39, 0.29) is 30.2 Å². The lowest BCUT2D eigenvalue weighted by atomic mass is 9.95. The summed E-state index contributed by atoms with van der Waals surface area (Å²) < 4.78 is 5.16. The van der Waals surface area contributed by atoms with Gasteiger partial charge in [0.05, 0.1) is 12.8 Å². The van der Waals surface area contributed by atoms with E-state index < -0.39 is 0 Å². The van der Waals surface area contributed by atoms with Gasteiger partial charge in [0, 0.05) is 32.1 Å². The second-order valence-corrected chi connectivity index (χ2v) is 6.65. The van der Waals surface area contributed by atoms with Crippen molar-refractivity contribution in [3.8, 4) is 0 Å². The Morgan fingerprint density at radius 3 is 2.54 bits per heavy atom. The lowest BCUT2D eigenvalue weighted by Crippen LogP contribution is -2.47. The lowest BCUT2D eigenvalue weighted by Gasteiger charge is -2.33. The Hall–Kier alpha value is -2.31. The number of rotatable bonds is 8. The maximum Gasteiger partial charge on any atom is 0.289 e. The minimum atomic E-state index is -0.138. The second-order valence-electron chi connectivity index (χ2n) is 6.65. The zero-order valence-electron chi connectivity index (χ0n) is 15.7. The van der Waals surface area contributed by atoms with E-state index >= 15 is 0 Å². The summed E-state index contributed by atoms with van der Waals surface area (Å²) in [6, 6.07) is 3.34. The highest BCUT2D eigenvalue weighted by Gasteiger charge is 2.31. The molecule has 1 N–H and O–H groups in total. The van der Waals surface area contributed by atoms with Crippen molar-refractivity contribution in [1.29, 1.82) is 0 Å². The van der Waals surface area contributed by atoms with Crippen molar-refractivity contribution in [1.82, 2.24) is 15.1 Å². The van der Waals surface area contributed by atoms with Crippen LogP contribution >= 0.6 is 0 Å². The van der Waals surface area contributed by atoms with Crippen molar-refractivity contribution >= 4 is 17.7 Å². The molecule has 144 valence electrons. The van der Waals surface area contributed by atoms with Crippen LogP contribution in [0.25, 0.3) is 0 Å². The molecule has 0 aromatic carbocycles. The van der Waals surface area contributed by atoms with Crippen LogP contribution in [0.15, 0.2) is 22.8 Å². The van der Waals surface area contributed by atoms with Gasteiger partial charge in [0.2, 0.25) is 11.8 Å². The zero-order valence-corrected chi connectivity index (χ0v) is 15.7. The van der Waals surface area contributed by atoms with Crippen molar-refractivity contribution in [2.24, 2.45) is 5.92 Å². The zero-order chi connectivity index (χ0) is 18.9. The predicted octanol–water partition coefficient (Wildman–Crippen LogP) is 1.90. The fraction of sp³-hybridized carbons (Fsp3) is 0.632. The van der Waals surface area contributed by atoms with Crippen LogP contribution in [0.3, 0.4) is 0 Å². The summed E-state index contributed by atoms with van der Waals surface area (Å²) in [6.07, 6.45) is 4.39. The van der Waals surface area contributed by atoms with Crippen LogP contribution in [0.2, 0.25) is 0 Å². The van der Waals surface area contributed by atoms with Crippen LogP contribution in [0, 0.1) is 5.92 Å². The van der Waals surface area contributed by atoms with Crippen LogP contribution in [0.5, 0.6) is 0 Å². The predicted molar refractivity (Wildman–Crippen MR) is 97.5 cm³/mol. The number of amides is 3. The van der Waals surface area contributed by atoms with Crippen molar-refractivity contribution < 1.29 is 18.8 Å². The van der Waals surface area contributed by atoms with Gasteiger partial charge in [0.25, 0.3) is 5.91 Å². The third kappa shape index (κ3) is 5.34. The number of carbonyl (C=O) groups excluding carboxylic acids is 3. The molecule has 26 heavy (non-hydrogen) atoms. The molecule has 7 heteroatoms. The monoisotopic (exact) mass is 363 g/mol. The molecule has 0 unspecified atom stereocenters. The fourth-order valence-corrected chi connectivity index (χ4v) is 3.17. The van der Waals surface area contributed by atoms with Gasteiger partial charge in [-0.2, -0.15) is 0 Å². The first-order chi connectivity index (χ1) is 12.6. The molecule has 0 atom stereocenters. The topological polar surface area (TPSA) is 82.9 Å². The summed E-state index contributed by atoms with van der Waals surface area (Å²) in [6.45, 7) is 6.35. The highest BCUT2D eigenvalue weighted by Crippen LogP contribution is 2.21. The Morgan fingerprint density at radius 2 is 1.96 bits per heavy atom. The molecular formula is C19H29N3O4. The van der Waals surface area contributed by atoms with E-state index in [4.69, 9.17) is 4.42 Å². The molecule has 1 aliphatic rings. The first kappa shape index (κ1) is 20.0. The summed E-state index contributed by atoms with van der Waals surface area (Å²) >= 11 is 0. The number of nitrogens with one attached hydrogen (secondary N) is 1. The van der Waals surface area contributed by atoms with Gasteiger partial charge in [-0.15, -0.1) is 0 Å². The summed E-state index contributed by atoms with van der Waals surface area (Å²) in [5.74, 6) is -0.0379. The van der Waals surface area contributed by atoms with E-state index in [1.807, 2.05) is 13.8 Å². The summed E-state index contributed by atoms with van der Waals surface area (Å²) in [5, 5.41) is 2.82. The third-order valence-corrected chi connectivity index (χ3v) is 4.58. The number of carbonyl (C=O) groups is 3. The van der Waals surface area contributed by atoms with E-state index in [2.05, 4.69) is 5.32 Å². The highest BCUT2D eigenvalue weighted by atomic mass is 16.3. The first-order valence-corrected chi connectivity index (χ1v) is 9.45. The number of hydrogen-bond donors (Lipinski definition) is 1. The SMILES string of the molecule is CCCNC(=O)CN(CCC)C(=O)C1CCN(C(=O)c2ccco2)CC1. The summed E-state index contributed by atoms with van der Waals surface area (Å²) in [5.41, 5.74) is 0. The van der Waals surface area contributed by atoms with Crippen molar-refractivity contribution in [3.05, 3.63) is 24.2 Å². The maximum atomic E-state index is 12.8. The molecule has 1 fully saturated rings. The standard InChI is InChI=1S/C19H29N3O4/c1-3-9-20-17(23)14-22(10-4-2)18(24)15-7-11-21(12-8-15)19(25)16-6-5-13-26-16/h5-6,13,15H,3-4,7-12,14H2,1-2H3,(H,20,23). The number of nitrogens with zero attached hydrogens (tertiary/aromatic N) is 2. The van der Waals surface area contributed by atoms with Gasteiger partial charge in [0.1, 0.15) is 0 Å². The van der Waals surface area contributed by atoms with Gasteiger partial charge < -0.3 is 19.5 Å². The van der Waals surface area contributed by atoms with E-state index in [0.717, 1.165) is 12.8 Å². The average Bonchev–Trinajstić information content (AvgIpc) is 3.19. The summed E-state index contributed by atoms with van der Waals surface area (Å²) in [7, 11) is 0. The average molecular weight is 363 g/mol. The van der Waals surface area contributed by atoms with Crippen molar-refractivity contribution in [3.63, 3.8) is 0 Å². The Labute approximate surface area is 154 Å². The van der Waals surface area contributed by atoms with E-state index in [1.165, 1.54) is 6.26 Å². The molecule has 1 saturated heterocycles.